The zero-order valence-electron chi connectivity index (χ0n) is 25.2. The molecule has 2 aromatic carbocycles. The van der Waals surface area contributed by atoms with E-state index in [2.05, 4.69) is 42.5 Å². The molecule has 3 N–H and O–H groups in total. The van der Waals surface area contributed by atoms with Crippen molar-refractivity contribution in [1.82, 2.24) is 15.6 Å². The largest absolute Gasteiger partial charge is 0.471 e. The van der Waals surface area contributed by atoms with Gasteiger partial charge in [0.1, 0.15) is 11.4 Å². The highest BCUT2D eigenvalue weighted by atomic mass is 19.4. The molecule has 1 spiro atoms. The number of nitrogens with one attached hydrogen (secondary N) is 2. The van der Waals surface area contributed by atoms with Crippen LogP contribution in [0.2, 0.25) is 0 Å². The first kappa shape index (κ1) is 31.9. The molecule has 44 heavy (non-hydrogen) atoms. The molecular weight excluding hydrogens is 574 g/mol. The van der Waals surface area contributed by atoms with E-state index in [9.17, 15) is 27.5 Å². The number of amides is 1. The van der Waals surface area contributed by atoms with E-state index < -0.39 is 41.2 Å². The lowest BCUT2D eigenvalue weighted by Crippen LogP contribution is -2.52. The SMILES string of the molecule is CC(C)(C)Cc1cnc2c(c1)[C@@H](NC[C@H](O)[C@H](Cc1ccccc1)NC(=O)c1cc(C(F)(F)F)ccc1F)CC1(CCC1)O2. The monoisotopic (exact) mass is 613 g/mol. The second kappa shape index (κ2) is 12.5. The fourth-order valence-corrected chi connectivity index (χ4v) is 6.03. The molecule has 236 valence electrons. The Hall–Kier alpha value is -3.50. The van der Waals surface area contributed by atoms with Crippen LogP contribution in [0.3, 0.4) is 0 Å². The number of halogens is 4. The number of aliphatic hydroxyl groups excluding tert-OH is 1. The predicted octanol–water partition coefficient (Wildman–Crippen LogP) is 6.57. The van der Waals surface area contributed by atoms with E-state index >= 15 is 0 Å². The third-order valence-electron chi connectivity index (χ3n) is 8.39. The lowest BCUT2D eigenvalue weighted by molar-refractivity contribution is -0.137. The van der Waals surface area contributed by atoms with E-state index in [-0.39, 0.29) is 30.0 Å². The quantitative estimate of drug-likeness (QED) is 0.238. The summed E-state index contributed by atoms with van der Waals surface area (Å²) in [6.07, 6.45) is 0.542. The van der Waals surface area contributed by atoms with Crippen molar-refractivity contribution >= 4 is 5.91 Å². The number of alkyl halides is 3. The Labute approximate surface area is 255 Å². The topological polar surface area (TPSA) is 83.5 Å². The molecule has 5 rings (SSSR count). The van der Waals surface area contributed by atoms with Crippen molar-refractivity contribution in [2.24, 2.45) is 5.41 Å². The van der Waals surface area contributed by atoms with Crippen LogP contribution < -0.4 is 15.4 Å². The van der Waals surface area contributed by atoms with Crippen LogP contribution >= 0.6 is 0 Å². The number of carbonyl (C=O) groups is 1. The van der Waals surface area contributed by atoms with Gasteiger partial charge in [0, 0.05) is 30.8 Å². The molecule has 1 aliphatic heterocycles. The van der Waals surface area contributed by atoms with Crippen molar-refractivity contribution in [3.63, 3.8) is 0 Å². The van der Waals surface area contributed by atoms with Gasteiger partial charge in [0.15, 0.2) is 0 Å². The highest BCUT2D eigenvalue weighted by Crippen LogP contribution is 2.48. The van der Waals surface area contributed by atoms with Crippen molar-refractivity contribution < 1.29 is 32.2 Å². The minimum absolute atomic E-state index is 0.0573. The van der Waals surface area contributed by atoms with Gasteiger partial charge < -0.3 is 20.5 Å². The van der Waals surface area contributed by atoms with Crippen LogP contribution in [0.25, 0.3) is 0 Å². The number of hydrogen-bond donors (Lipinski definition) is 3. The summed E-state index contributed by atoms with van der Waals surface area (Å²) in [5, 5.41) is 17.5. The predicted molar refractivity (Wildman–Crippen MR) is 159 cm³/mol. The van der Waals surface area contributed by atoms with Gasteiger partial charge in [0.25, 0.3) is 5.91 Å². The first-order valence-corrected chi connectivity index (χ1v) is 15.0. The lowest BCUT2D eigenvalue weighted by atomic mass is 9.73. The molecule has 0 saturated heterocycles. The van der Waals surface area contributed by atoms with Gasteiger partial charge in [-0.2, -0.15) is 13.2 Å². The smallest absolute Gasteiger partial charge is 0.416 e. The van der Waals surface area contributed by atoms with Gasteiger partial charge in [-0.3, -0.25) is 4.79 Å². The number of ether oxygens (including phenoxy) is 1. The van der Waals surface area contributed by atoms with Gasteiger partial charge >= 0.3 is 6.18 Å². The Morgan fingerprint density at radius 3 is 2.45 bits per heavy atom. The fourth-order valence-electron chi connectivity index (χ4n) is 6.03. The summed E-state index contributed by atoms with van der Waals surface area (Å²) in [7, 11) is 0. The average molecular weight is 614 g/mol. The van der Waals surface area contributed by atoms with Crippen LogP contribution in [0.15, 0.2) is 60.8 Å². The van der Waals surface area contributed by atoms with Crippen LogP contribution in [-0.2, 0) is 19.0 Å². The average Bonchev–Trinajstić information content (AvgIpc) is 2.93. The maximum atomic E-state index is 14.5. The molecule has 1 aliphatic carbocycles. The Morgan fingerprint density at radius 2 is 1.82 bits per heavy atom. The number of aliphatic hydroxyl groups is 1. The second-order valence-electron chi connectivity index (χ2n) is 13.3. The number of rotatable bonds is 9. The third-order valence-corrected chi connectivity index (χ3v) is 8.39. The van der Waals surface area contributed by atoms with Crippen molar-refractivity contribution in [1.29, 1.82) is 0 Å². The van der Waals surface area contributed by atoms with Crippen molar-refractivity contribution in [3.8, 4) is 5.88 Å². The molecule has 1 amide bonds. The maximum absolute atomic E-state index is 14.5. The lowest BCUT2D eigenvalue weighted by Gasteiger charge is -2.47. The molecule has 6 nitrogen and oxygen atoms in total. The number of carbonyl (C=O) groups excluding carboxylic acids is 1. The number of pyridine rings is 1. The summed E-state index contributed by atoms with van der Waals surface area (Å²) in [4.78, 5) is 17.8. The van der Waals surface area contributed by atoms with Crippen molar-refractivity contribution in [2.75, 3.05) is 6.54 Å². The van der Waals surface area contributed by atoms with Crippen molar-refractivity contribution in [3.05, 3.63) is 94.4 Å². The molecule has 3 atom stereocenters. The zero-order chi connectivity index (χ0) is 31.7. The Kier molecular flexibility index (Phi) is 9.05. The van der Waals surface area contributed by atoms with Crippen LogP contribution in [0.1, 0.15) is 85.1 Å². The normalized spacial score (nSPS) is 19.0. The molecule has 2 heterocycles. The molecule has 3 aromatic rings. The number of nitrogens with zero attached hydrogens (tertiary/aromatic N) is 1. The van der Waals surface area contributed by atoms with E-state index in [0.717, 1.165) is 42.4 Å². The zero-order valence-corrected chi connectivity index (χ0v) is 25.2. The molecule has 0 radical (unpaired) electrons. The summed E-state index contributed by atoms with van der Waals surface area (Å²) in [5.41, 5.74) is 0.658. The van der Waals surface area contributed by atoms with E-state index in [1.54, 1.807) is 0 Å². The summed E-state index contributed by atoms with van der Waals surface area (Å²) in [5.74, 6) is -1.53. The summed E-state index contributed by atoms with van der Waals surface area (Å²) >= 11 is 0. The number of aromatic nitrogens is 1. The minimum atomic E-state index is -4.74. The Morgan fingerprint density at radius 1 is 1.09 bits per heavy atom. The Balaban J connectivity index is 1.36. The molecule has 1 aromatic heterocycles. The van der Waals surface area contributed by atoms with Gasteiger partial charge in [-0.1, -0.05) is 51.1 Å². The first-order valence-electron chi connectivity index (χ1n) is 15.0. The third kappa shape index (κ3) is 7.58. The molecular formula is C34H39F4N3O3. The Bertz CT molecular complexity index is 1470. The molecule has 2 aliphatic rings. The summed E-state index contributed by atoms with van der Waals surface area (Å²) < 4.78 is 60.8. The van der Waals surface area contributed by atoms with Crippen LogP contribution in [-0.4, -0.2) is 40.3 Å². The van der Waals surface area contributed by atoms with E-state index in [1.807, 2.05) is 36.5 Å². The molecule has 10 heteroatoms. The van der Waals surface area contributed by atoms with Gasteiger partial charge in [-0.25, -0.2) is 9.37 Å². The number of benzene rings is 2. The highest BCUT2D eigenvalue weighted by molar-refractivity contribution is 5.95. The summed E-state index contributed by atoms with van der Waals surface area (Å²) in [6, 6.07) is 11.8. The van der Waals surface area contributed by atoms with Gasteiger partial charge in [0.2, 0.25) is 5.88 Å². The molecule has 1 saturated carbocycles. The summed E-state index contributed by atoms with van der Waals surface area (Å²) in [6.45, 7) is 6.53. The van der Waals surface area contributed by atoms with E-state index in [0.29, 0.717) is 30.5 Å². The maximum Gasteiger partial charge on any atom is 0.416 e. The van der Waals surface area contributed by atoms with E-state index in [1.165, 1.54) is 0 Å². The van der Waals surface area contributed by atoms with Crippen LogP contribution in [0, 0.1) is 11.2 Å². The standard InChI is InChI=1S/C34H39F4N3O3/c1-32(2,3)17-22-14-25-28(18-33(12-7-13-33)44-31(25)40-19-22)39-20-29(42)27(15-21-8-5-4-6-9-21)41-30(43)24-16-23(34(36,37)38)10-11-26(24)35/h4-6,8-11,14,16,19,27-29,39,42H,7,12-13,15,17-18,20H2,1-3H3,(H,41,43)/t27-,28-,29-/m0/s1. The minimum Gasteiger partial charge on any atom is -0.471 e. The van der Waals surface area contributed by atoms with Crippen LogP contribution in [0.5, 0.6) is 5.88 Å². The van der Waals surface area contributed by atoms with Gasteiger partial charge in [-0.15, -0.1) is 0 Å². The molecule has 1 fully saturated rings. The molecule has 0 unspecified atom stereocenters. The number of fused-ring (bicyclic) bond motifs is 1. The van der Waals surface area contributed by atoms with E-state index in [4.69, 9.17) is 4.74 Å². The number of hydrogen-bond acceptors (Lipinski definition) is 5. The highest BCUT2D eigenvalue weighted by Gasteiger charge is 2.46. The van der Waals surface area contributed by atoms with Crippen molar-refractivity contribution in [2.45, 2.75) is 89.3 Å². The van der Waals surface area contributed by atoms with Gasteiger partial charge in [-0.05, 0) is 72.9 Å². The fraction of sp³-hybridized carbons (Fsp3) is 0.471. The second-order valence-corrected chi connectivity index (χ2v) is 13.3. The molecule has 0 bridgehead atoms. The van der Waals surface area contributed by atoms with Crippen LogP contribution in [0.4, 0.5) is 17.6 Å². The van der Waals surface area contributed by atoms with Gasteiger partial charge in [0.05, 0.1) is 23.3 Å². The first-order chi connectivity index (χ1) is 20.7.